The Morgan fingerprint density at radius 3 is 2.33 bits per heavy atom. The summed E-state index contributed by atoms with van der Waals surface area (Å²) in [6, 6.07) is 0. The maximum atomic E-state index is 3.59. The predicted molar refractivity (Wildman–Crippen MR) is 66.0 cm³/mol. The zero-order chi connectivity index (χ0) is 10.6. The van der Waals surface area contributed by atoms with E-state index in [1.807, 2.05) is 0 Å². The third kappa shape index (κ3) is 2.55. The van der Waals surface area contributed by atoms with Gasteiger partial charge in [-0.05, 0) is 43.7 Å². The molecule has 0 aromatic heterocycles. The van der Waals surface area contributed by atoms with Gasteiger partial charge in [0.05, 0.1) is 0 Å². The first-order chi connectivity index (χ1) is 7.37. The Morgan fingerprint density at radius 1 is 1.00 bits per heavy atom. The molecule has 1 aliphatic heterocycles. The summed E-state index contributed by atoms with van der Waals surface area (Å²) in [7, 11) is 0. The largest absolute Gasteiger partial charge is 0.316 e. The first-order valence-corrected chi connectivity index (χ1v) is 7.08. The molecule has 88 valence electrons. The lowest BCUT2D eigenvalue weighted by atomic mass is 9.63. The second-order valence-electron chi connectivity index (χ2n) is 5.69. The van der Waals surface area contributed by atoms with E-state index in [1.165, 1.54) is 70.9 Å². The Balaban J connectivity index is 2.04. The van der Waals surface area contributed by atoms with E-state index in [2.05, 4.69) is 12.2 Å². The molecule has 1 saturated carbocycles. The third-order valence-electron chi connectivity index (χ3n) is 4.90. The first-order valence-electron chi connectivity index (χ1n) is 7.08. The van der Waals surface area contributed by atoms with Gasteiger partial charge >= 0.3 is 0 Å². The van der Waals surface area contributed by atoms with Crippen molar-refractivity contribution in [3.8, 4) is 0 Å². The molecular formula is C14H27N. The van der Waals surface area contributed by atoms with Gasteiger partial charge in [-0.1, -0.05) is 45.4 Å². The topological polar surface area (TPSA) is 12.0 Å². The lowest BCUT2D eigenvalue weighted by Gasteiger charge is -2.46. The molecule has 1 heteroatoms. The van der Waals surface area contributed by atoms with Gasteiger partial charge in [0.25, 0.3) is 0 Å². The summed E-state index contributed by atoms with van der Waals surface area (Å²) in [6.45, 7) is 4.95. The minimum atomic E-state index is 0.737. The third-order valence-corrected chi connectivity index (χ3v) is 4.90. The van der Waals surface area contributed by atoms with Gasteiger partial charge < -0.3 is 5.32 Å². The van der Waals surface area contributed by atoms with Crippen molar-refractivity contribution in [2.24, 2.45) is 11.3 Å². The Morgan fingerprint density at radius 2 is 1.67 bits per heavy atom. The first kappa shape index (κ1) is 11.4. The van der Waals surface area contributed by atoms with Gasteiger partial charge in [-0.3, -0.25) is 0 Å². The molecule has 1 atom stereocenters. The average Bonchev–Trinajstić information content (AvgIpc) is 2.24. The van der Waals surface area contributed by atoms with Gasteiger partial charge in [0.2, 0.25) is 0 Å². The molecule has 2 aliphatic rings. The summed E-state index contributed by atoms with van der Waals surface area (Å²) in [5.41, 5.74) is 0.737. The van der Waals surface area contributed by atoms with Crippen molar-refractivity contribution in [1.29, 1.82) is 0 Å². The standard InChI is InChI=1S/C14H27N/c1-2-13-12-15-11-10-14(13)8-6-4-3-5-7-9-14/h13,15H,2-12H2,1H3. The fraction of sp³-hybridized carbons (Fsp3) is 1.00. The van der Waals surface area contributed by atoms with Gasteiger partial charge in [0, 0.05) is 0 Å². The van der Waals surface area contributed by atoms with Crippen LogP contribution >= 0.6 is 0 Å². The number of hydrogen-bond acceptors (Lipinski definition) is 1. The average molecular weight is 209 g/mol. The van der Waals surface area contributed by atoms with E-state index in [0.717, 1.165) is 11.3 Å². The van der Waals surface area contributed by atoms with Crippen LogP contribution in [-0.4, -0.2) is 13.1 Å². The smallest absolute Gasteiger partial charge is 0.00153 e. The van der Waals surface area contributed by atoms with Crippen molar-refractivity contribution in [3.63, 3.8) is 0 Å². The van der Waals surface area contributed by atoms with Crippen LogP contribution in [-0.2, 0) is 0 Å². The van der Waals surface area contributed by atoms with Crippen LogP contribution in [0.15, 0.2) is 0 Å². The summed E-state index contributed by atoms with van der Waals surface area (Å²) >= 11 is 0. The Kier molecular flexibility index (Phi) is 4.07. The lowest BCUT2D eigenvalue weighted by molar-refractivity contribution is 0.0688. The molecule has 0 bridgehead atoms. The quantitative estimate of drug-likeness (QED) is 0.694. The van der Waals surface area contributed by atoms with E-state index >= 15 is 0 Å². The highest BCUT2D eigenvalue weighted by Crippen LogP contribution is 2.46. The SMILES string of the molecule is CCC1CNCCC12CCCCCCC2. The molecule has 1 spiro atoms. The van der Waals surface area contributed by atoms with Crippen molar-refractivity contribution in [2.45, 2.75) is 64.7 Å². The van der Waals surface area contributed by atoms with Crippen LogP contribution in [0, 0.1) is 11.3 Å². The maximum Gasteiger partial charge on any atom is -0.00153 e. The summed E-state index contributed by atoms with van der Waals surface area (Å²) < 4.78 is 0. The summed E-state index contributed by atoms with van der Waals surface area (Å²) in [6.07, 6.45) is 13.3. The van der Waals surface area contributed by atoms with Crippen LogP contribution in [0.5, 0.6) is 0 Å². The van der Waals surface area contributed by atoms with Crippen molar-refractivity contribution in [2.75, 3.05) is 13.1 Å². The van der Waals surface area contributed by atoms with Gasteiger partial charge in [0.15, 0.2) is 0 Å². The summed E-state index contributed by atoms with van der Waals surface area (Å²) in [4.78, 5) is 0. The van der Waals surface area contributed by atoms with Crippen LogP contribution in [0.4, 0.5) is 0 Å². The van der Waals surface area contributed by atoms with Gasteiger partial charge in [-0.25, -0.2) is 0 Å². The van der Waals surface area contributed by atoms with E-state index in [0.29, 0.717) is 0 Å². The number of piperidine rings is 1. The van der Waals surface area contributed by atoms with E-state index in [-0.39, 0.29) is 0 Å². The molecule has 1 unspecified atom stereocenters. The van der Waals surface area contributed by atoms with Crippen LogP contribution < -0.4 is 5.32 Å². The fourth-order valence-corrected chi connectivity index (χ4v) is 3.88. The second kappa shape index (κ2) is 5.34. The molecule has 0 amide bonds. The van der Waals surface area contributed by atoms with E-state index in [1.54, 1.807) is 0 Å². The van der Waals surface area contributed by atoms with Crippen LogP contribution in [0.2, 0.25) is 0 Å². The maximum absolute atomic E-state index is 3.59. The Bertz CT molecular complexity index is 180. The van der Waals surface area contributed by atoms with Crippen molar-refractivity contribution >= 4 is 0 Å². The number of rotatable bonds is 1. The van der Waals surface area contributed by atoms with Crippen LogP contribution in [0.3, 0.4) is 0 Å². The molecule has 1 heterocycles. The molecule has 1 aliphatic carbocycles. The summed E-state index contributed by atoms with van der Waals surface area (Å²) in [5, 5.41) is 3.59. The second-order valence-corrected chi connectivity index (χ2v) is 5.69. The zero-order valence-corrected chi connectivity index (χ0v) is 10.4. The van der Waals surface area contributed by atoms with E-state index in [4.69, 9.17) is 0 Å². The Labute approximate surface area is 95.0 Å². The molecular weight excluding hydrogens is 182 g/mol. The van der Waals surface area contributed by atoms with Gasteiger partial charge in [0.1, 0.15) is 0 Å². The highest BCUT2D eigenvalue weighted by Gasteiger charge is 2.38. The highest BCUT2D eigenvalue weighted by atomic mass is 14.9. The molecule has 2 rings (SSSR count). The van der Waals surface area contributed by atoms with Gasteiger partial charge in [-0.2, -0.15) is 0 Å². The van der Waals surface area contributed by atoms with Gasteiger partial charge in [-0.15, -0.1) is 0 Å². The monoisotopic (exact) mass is 209 g/mol. The summed E-state index contributed by atoms with van der Waals surface area (Å²) in [5.74, 6) is 0.962. The van der Waals surface area contributed by atoms with E-state index < -0.39 is 0 Å². The molecule has 1 saturated heterocycles. The molecule has 0 radical (unpaired) electrons. The molecule has 1 nitrogen and oxygen atoms in total. The minimum Gasteiger partial charge on any atom is -0.316 e. The van der Waals surface area contributed by atoms with Crippen molar-refractivity contribution in [3.05, 3.63) is 0 Å². The molecule has 0 aromatic carbocycles. The van der Waals surface area contributed by atoms with Crippen molar-refractivity contribution in [1.82, 2.24) is 5.32 Å². The Hall–Kier alpha value is -0.0400. The van der Waals surface area contributed by atoms with Crippen LogP contribution in [0.1, 0.15) is 64.7 Å². The highest BCUT2D eigenvalue weighted by molar-refractivity contribution is 4.91. The zero-order valence-electron chi connectivity index (χ0n) is 10.4. The number of nitrogens with one attached hydrogen (secondary N) is 1. The van der Waals surface area contributed by atoms with Crippen molar-refractivity contribution < 1.29 is 0 Å². The minimum absolute atomic E-state index is 0.737. The molecule has 0 aromatic rings. The molecule has 1 N–H and O–H groups in total. The fourth-order valence-electron chi connectivity index (χ4n) is 3.88. The lowest BCUT2D eigenvalue weighted by Crippen LogP contribution is -2.45. The predicted octanol–water partition coefficient (Wildman–Crippen LogP) is 3.74. The van der Waals surface area contributed by atoms with Crippen LogP contribution in [0.25, 0.3) is 0 Å². The normalized spacial score (nSPS) is 32.2. The molecule has 15 heavy (non-hydrogen) atoms. The number of hydrogen-bond donors (Lipinski definition) is 1. The molecule has 2 fully saturated rings. The van der Waals surface area contributed by atoms with E-state index in [9.17, 15) is 0 Å².